The number of rotatable bonds is 10. The first-order valence-corrected chi connectivity index (χ1v) is 10.9. The number of pyridine rings is 1. The summed E-state index contributed by atoms with van der Waals surface area (Å²) in [5.74, 6) is -2.71. The molecule has 0 bridgehead atoms. The number of carboxylic acid groups (broad SMARTS) is 2. The van der Waals surface area contributed by atoms with Gasteiger partial charge in [-0.15, -0.1) is 0 Å². The van der Waals surface area contributed by atoms with Gasteiger partial charge in [0.05, 0.1) is 5.39 Å². The average molecular weight is 482 g/mol. The molecule has 0 saturated carbocycles. The van der Waals surface area contributed by atoms with Crippen LogP contribution in [0.2, 0.25) is 0 Å². The van der Waals surface area contributed by atoms with Crippen molar-refractivity contribution in [3.05, 3.63) is 46.6 Å². The van der Waals surface area contributed by atoms with Crippen LogP contribution >= 0.6 is 0 Å². The van der Waals surface area contributed by atoms with Gasteiger partial charge in [-0.2, -0.15) is 9.97 Å². The first-order chi connectivity index (χ1) is 16.6. The second kappa shape index (κ2) is 10.6. The highest BCUT2D eigenvalue weighted by Gasteiger charge is 2.21. The third-order valence-corrected chi connectivity index (χ3v) is 5.55. The van der Waals surface area contributed by atoms with E-state index in [9.17, 15) is 19.5 Å². The number of aryl methyl sites for hydroxylation is 2. The quantitative estimate of drug-likeness (QED) is 0.246. The number of carbonyl (C=O) groups is 3. The molecule has 12 heteroatoms. The molecular formula is C23H27N7O5. The van der Waals surface area contributed by atoms with Crippen LogP contribution in [-0.2, 0) is 22.6 Å². The number of carbonyl (C=O) groups excluding carboxylic acids is 1. The molecule has 0 aliphatic rings. The summed E-state index contributed by atoms with van der Waals surface area (Å²) in [5.41, 5.74) is 15.9. The van der Waals surface area contributed by atoms with Crippen LogP contribution in [0.25, 0.3) is 11.0 Å². The molecule has 1 amide bonds. The molecule has 2 aromatic heterocycles. The van der Waals surface area contributed by atoms with Crippen molar-refractivity contribution in [2.24, 2.45) is 0 Å². The summed E-state index contributed by atoms with van der Waals surface area (Å²) in [6.07, 6.45) is 0.0918. The number of hydrogen-bond acceptors (Lipinski definition) is 9. The van der Waals surface area contributed by atoms with Crippen LogP contribution in [0.15, 0.2) is 24.3 Å². The lowest BCUT2D eigenvalue weighted by Crippen LogP contribution is -2.41. The fourth-order valence-corrected chi connectivity index (χ4v) is 3.71. The number of amides is 1. The average Bonchev–Trinajstić information content (AvgIpc) is 2.80. The summed E-state index contributed by atoms with van der Waals surface area (Å²) >= 11 is 0. The van der Waals surface area contributed by atoms with Crippen LogP contribution in [0, 0.1) is 6.92 Å². The molecular weight excluding hydrogens is 454 g/mol. The second-order valence-corrected chi connectivity index (χ2v) is 7.91. The number of aromatic nitrogens is 3. The lowest BCUT2D eigenvalue weighted by Gasteiger charge is -2.16. The Morgan fingerprint density at radius 3 is 2.34 bits per heavy atom. The van der Waals surface area contributed by atoms with Gasteiger partial charge in [0.2, 0.25) is 5.95 Å². The molecule has 0 aliphatic carbocycles. The van der Waals surface area contributed by atoms with Crippen molar-refractivity contribution < 1.29 is 24.6 Å². The Balaban J connectivity index is 1.74. The van der Waals surface area contributed by atoms with Gasteiger partial charge in [-0.05, 0) is 55.2 Å². The van der Waals surface area contributed by atoms with Crippen LogP contribution in [0.4, 0.5) is 17.5 Å². The normalized spacial score (nSPS) is 11.7. The van der Waals surface area contributed by atoms with Gasteiger partial charge in [-0.25, -0.2) is 9.78 Å². The summed E-state index contributed by atoms with van der Waals surface area (Å²) in [6, 6.07) is 5.19. The van der Waals surface area contributed by atoms with Gasteiger partial charge in [-0.1, -0.05) is 6.92 Å². The standard InChI is InChI=1S/C23H27N7O5/c1-3-15-14(11(2)18-19(24)29-23(25)30-20(18)27-15)10-26-13-6-4-12(5-7-13)21(33)28-16(22(34)35)8-9-17(31)32/h4-7,16,26H,3,8-10H2,1-2H3,(H,28,33)(H,31,32)(H,34,35)(H4,24,25,27,29,30)/t16-/m0/s1. The molecule has 1 aromatic carbocycles. The predicted molar refractivity (Wildman–Crippen MR) is 130 cm³/mol. The van der Waals surface area contributed by atoms with Crippen molar-refractivity contribution in [1.29, 1.82) is 0 Å². The van der Waals surface area contributed by atoms with Crippen molar-refractivity contribution in [2.45, 2.75) is 45.7 Å². The van der Waals surface area contributed by atoms with Gasteiger partial charge < -0.3 is 32.3 Å². The Morgan fingerprint density at radius 2 is 1.74 bits per heavy atom. The maximum atomic E-state index is 12.4. The Labute approximate surface area is 200 Å². The summed E-state index contributed by atoms with van der Waals surface area (Å²) in [4.78, 5) is 47.3. The van der Waals surface area contributed by atoms with Crippen LogP contribution in [0.1, 0.15) is 46.9 Å². The van der Waals surface area contributed by atoms with Crippen molar-refractivity contribution in [1.82, 2.24) is 20.3 Å². The summed E-state index contributed by atoms with van der Waals surface area (Å²) in [7, 11) is 0. The van der Waals surface area contributed by atoms with Gasteiger partial charge in [0.15, 0.2) is 5.65 Å². The number of carboxylic acids is 2. The molecule has 0 radical (unpaired) electrons. The summed E-state index contributed by atoms with van der Waals surface area (Å²) in [6.45, 7) is 4.34. The van der Waals surface area contributed by atoms with E-state index < -0.39 is 23.9 Å². The maximum Gasteiger partial charge on any atom is 0.326 e. The molecule has 0 saturated heterocycles. The first kappa shape index (κ1) is 25.1. The monoisotopic (exact) mass is 481 g/mol. The molecule has 8 N–H and O–H groups in total. The largest absolute Gasteiger partial charge is 0.481 e. The Kier molecular flexibility index (Phi) is 7.64. The van der Waals surface area contributed by atoms with Crippen molar-refractivity contribution in [3.63, 3.8) is 0 Å². The predicted octanol–water partition coefficient (Wildman–Crippen LogP) is 1.72. The highest BCUT2D eigenvalue weighted by molar-refractivity contribution is 5.97. The SMILES string of the molecule is CCc1nc2nc(N)nc(N)c2c(C)c1CNc1ccc(C(=O)N[C@@H](CCC(=O)O)C(=O)O)cc1. The van der Waals surface area contributed by atoms with E-state index in [1.807, 2.05) is 13.8 Å². The fourth-order valence-electron chi connectivity index (χ4n) is 3.71. The van der Waals surface area contributed by atoms with E-state index in [4.69, 9.17) is 16.6 Å². The Morgan fingerprint density at radius 1 is 1.06 bits per heavy atom. The minimum absolute atomic E-state index is 0.0653. The zero-order valence-corrected chi connectivity index (χ0v) is 19.3. The van der Waals surface area contributed by atoms with Gasteiger partial charge in [0.1, 0.15) is 11.9 Å². The van der Waals surface area contributed by atoms with Gasteiger partial charge in [0.25, 0.3) is 5.91 Å². The van der Waals surface area contributed by atoms with E-state index in [0.717, 1.165) is 22.5 Å². The van der Waals surface area contributed by atoms with Crippen LogP contribution in [-0.4, -0.2) is 49.1 Å². The number of aliphatic carboxylic acids is 2. The van der Waals surface area contributed by atoms with Gasteiger partial charge in [0, 0.05) is 29.9 Å². The van der Waals surface area contributed by atoms with Gasteiger partial charge >= 0.3 is 11.9 Å². The topological polar surface area (TPSA) is 206 Å². The fraction of sp³-hybridized carbons (Fsp3) is 0.304. The molecule has 3 rings (SSSR count). The molecule has 0 unspecified atom stereocenters. The minimum Gasteiger partial charge on any atom is -0.481 e. The van der Waals surface area contributed by atoms with E-state index >= 15 is 0 Å². The Hall–Kier alpha value is -4.48. The maximum absolute atomic E-state index is 12.4. The number of fused-ring (bicyclic) bond motifs is 1. The third kappa shape index (κ3) is 5.91. The molecule has 12 nitrogen and oxygen atoms in total. The number of nitrogen functional groups attached to an aromatic ring is 2. The molecule has 2 heterocycles. The number of nitrogens with zero attached hydrogens (tertiary/aromatic N) is 3. The molecule has 184 valence electrons. The second-order valence-electron chi connectivity index (χ2n) is 7.91. The molecule has 0 spiro atoms. The van der Waals surface area contributed by atoms with Crippen LogP contribution in [0.5, 0.6) is 0 Å². The van der Waals surface area contributed by atoms with E-state index in [0.29, 0.717) is 24.0 Å². The van der Waals surface area contributed by atoms with Crippen LogP contribution in [0.3, 0.4) is 0 Å². The highest BCUT2D eigenvalue weighted by Crippen LogP contribution is 2.27. The molecule has 35 heavy (non-hydrogen) atoms. The number of hydrogen-bond donors (Lipinski definition) is 6. The van der Waals surface area contributed by atoms with E-state index in [2.05, 4.69) is 25.6 Å². The van der Waals surface area contributed by atoms with E-state index in [1.54, 1.807) is 24.3 Å². The van der Waals surface area contributed by atoms with E-state index in [-0.39, 0.29) is 30.2 Å². The Bertz CT molecular complexity index is 1280. The highest BCUT2D eigenvalue weighted by atomic mass is 16.4. The molecule has 0 fully saturated rings. The number of nitrogens with two attached hydrogens (primary N) is 2. The molecule has 0 aliphatic heterocycles. The molecule has 3 aromatic rings. The molecule has 1 atom stereocenters. The summed E-state index contributed by atoms with van der Waals surface area (Å²) in [5, 5.41) is 24.3. The zero-order chi connectivity index (χ0) is 25.7. The smallest absolute Gasteiger partial charge is 0.326 e. The van der Waals surface area contributed by atoms with Crippen molar-refractivity contribution in [2.75, 3.05) is 16.8 Å². The first-order valence-electron chi connectivity index (χ1n) is 10.9. The van der Waals surface area contributed by atoms with E-state index in [1.165, 1.54) is 0 Å². The third-order valence-electron chi connectivity index (χ3n) is 5.55. The van der Waals surface area contributed by atoms with Crippen LogP contribution < -0.4 is 22.1 Å². The van der Waals surface area contributed by atoms with Crippen molar-refractivity contribution >= 4 is 46.3 Å². The summed E-state index contributed by atoms with van der Waals surface area (Å²) < 4.78 is 0. The lowest BCUT2D eigenvalue weighted by molar-refractivity contribution is -0.140. The minimum atomic E-state index is -1.29. The van der Waals surface area contributed by atoms with Gasteiger partial charge in [-0.3, -0.25) is 9.59 Å². The number of anilines is 3. The lowest BCUT2D eigenvalue weighted by atomic mass is 10.0. The number of benzene rings is 1. The zero-order valence-electron chi connectivity index (χ0n) is 19.3. The number of nitrogens with one attached hydrogen (secondary N) is 2. The van der Waals surface area contributed by atoms with Crippen molar-refractivity contribution in [3.8, 4) is 0 Å².